The van der Waals surface area contributed by atoms with E-state index in [1.807, 2.05) is 0 Å². The Hall–Kier alpha value is -1.65. The number of halogens is 6. The summed E-state index contributed by atoms with van der Waals surface area (Å²) >= 11 is 0. The normalized spacial score (nSPS) is 16.4. The van der Waals surface area contributed by atoms with Crippen LogP contribution in [0.3, 0.4) is 0 Å². The number of carbonyl (C=O) groups excluding carboxylic acids is 1. The Kier molecular flexibility index (Phi) is 8.90. The van der Waals surface area contributed by atoms with E-state index in [2.05, 4.69) is 15.4 Å². The number of rotatable bonds is 6. The van der Waals surface area contributed by atoms with Gasteiger partial charge in [0.2, 0.25) is 0 Å². The lowest BCUT2D eigenvalue weighted by atomic mass is 10.0. The van der Waals surface area contributed by atoms with Crippen LogP contribution in [0, 0.1) is 13.8 Å². The summed E-state index contributed by atoms with van der Waals surface area (Å²) in [6.45, 7) is 0.746. The van der Waals surface area contributed by atoms with Gasteiger partial charge in [-0.1, -0.05) is 0 Å². The van der Waals surface area contributed by atoms with Crippen LogP contribution in [0.1, 0.15) is 21.5 Å². The number of carbonyl (C=O) groups is 1. The summed E-state index contributed by atoms with van der Waals surface area (Å²) in [5, 5.41) is 5.29. The van der Waals surface area contributed by atoms with E-state index in [1.54, 1.807) is 0 Å². The average Bonchev–Trinajstić information content (AvgIpc) is 2.57. The number of nitrogens with one attached hydrogen (secondary N) is 2. The Labute approximate surface area is 166 Å². The van der Waals surface area contributed by atoms with E-state index < -0.39 is 31.3 Å². The first-order valence-electron chi connectivity index (χ1n) is 8.45. The standard InChI is InChI=1S/C17H22F5N3O2.ClH/c1-10-7-12(8-11(2)14(10)27-16(18)19)15(26)24-9-13(17(20,21)22)25-5-3-23-4-6-25;/h7-8,13,16,23H,3-6,9H2,1-2H3,(H,24,26);1H. The minimum absolute atomic E-state index is 0. The van der Waals surface area contributed by atoms with Crippen molar-refractivity contribution in [2.45, 2.75) is 32.7 Å². The summed E-state index contributed by atoms with van der Waals surface area (Å²) in [6, 6.07) is 0.841. The summed E-state index contributed by atoms with van der Waals surface area (Å²) < 4.78 is 69.3. The molecule has 1 saturated heterocycles. The minimum atomic E-state index is -4.48. The van der Waals surface area contributed by atoms with Gasteiger partial charge in [0.1, 0.15) is 11.8 Å². The highest BCUT2D eigenvalue weighted by atomic mass is 35.5. The fourth-order valence-electron chi connectivity index (χ4n) is 3.09. The van der Waals surface area contributed by atoms with Crippen molar-refractivity contribution >= 4 is 18.3 Å². The fourth-order valence-corrected chi connectivity index (χ4v) is 3.09. The molecule has 1 heterocycles. The zero-order chi connectivity index (χ0) is 20.2. The van der Waals surface area contributed by atoms with Crippen LogP contribution in [0.2, 0.25) is 0 Å². The van der Waals surface area contributed by atoms with Crippen LogP contribution in [-0.4, -0.2) is 62.4 Å². The predicted octanol–water partition coefficient (Wildman–Crippen LogP) is 2.89. The Morgan fingerprint density at radius 1 is 1.21 bits per heavy atom. The molecule has 0 bridgehead atoms. The molecule has 2 N–H and O–H groups in total. The number of hydrogen-bond acceptors (Lipinski definition) is 4. The molecule has 1 unspecified atom stereocenters. The SMILES string of the molecule is Cc1cc(C(=O)NCC(N2CCNCC2)C(F)(F)F)cc(C)c1OC(F)F.Cl. The van der Waals surface area contributed by atoms with E-state index in [-0.39, 0.29) is 36.8 Å². The van der Waals surface area contributed by atoms with E-state index in [0.717, 1.165) is 0 Å². The predicted molar refractivity (Wildman–Crippen MR) is 96.4 cm³/mol. The van der Waals surface area contributed by atoms with E-state index in [4.69, 9.17) is 0 Å². The first-order valence-corrected chi connectivity index (χ1v) is 8.45. The maximum absolute atomic E-state index is 13.4. The highest BCUT2D eigenvalue weighted by Crippen LogP contribution is 2.27. The molecule has 1 fully saturated rings. The first kappa shape index (κ1) is 24.4. The van der Waals surface area contributed by atoms with Gasteiger partial charge < -0.3 is 15.4 Å². The molecular formula is C17H23ClF5N3O2. The van der Waals surface area contributed by atoms with Crippen LogP contribution in [0.4, 0.5) is 22.0 Å². The zero-order valence-electron chi connectivity index (χ0n) is 15.4. The lowest BCUT2D eigenvalue weighted by Crippen LogP contribution is -2.57. The summed E-state index contributed by atoms with van der Waals surface area (Å²) in [4.78, 5) is 13.6. The molecule has 11 heteroatoms. The summed E-state index contributed by atoms with van der Waals surface area (Å²) in [5.74, 6) is -0.746. The van der Waals surface area contributed by atoms with Crippen molar-refractivity contribution in [1.29, 1.82) is 0 Å². The van der Waals surface area contributed by atoms with Crippen LogP contribution >= 0.6 is 12.4 Å². The van der Waals surface area contributed by atoms with Crippen molar-refractivity contribution in [2.75, 3.05) is 32.7 Å². The molecule has 1 aromatic rings. The fraction of sp³-hybridized carbons (Fsp3) is 0.588. The van der Waals surface area contributed by atoms with Crippen molar-refractivity contribution in [2.24, 2.45) is 0 Å². The van der Waals surface area contributed by atoms with Gasteiger partial charge in [-0.05, 0) is 37.1 Å². The molecule has 1 aliphatic rings. The molecule has 0 aliphatic carbocycles. The molecule has 0 radical (unpaired) electrons. The Balaban J connectivity index is 0.00000392. The van der Waals surface area contributed by atoms with E-state index in [9.17, 15) is 26.7 Å². The van der Waals surface area contributed by atoms with Crippen LogP contribution in [0.15, 0.2) is 12.1 Å². The van der Waals surface area contributed by atoms with Crippen molar-refractivity contribution < 1.29 is 31.5 Å². The van der Waals surface area contributed by atoms with Crippen molar-refractivity contribution in [1.82, 2.24) is 15.5 Å². The van der Waals surface area contributed by atoms with Crippen LogP contribution < -0.4 is 15.4 Å². The molecule has 2 rings (SSSR count). The van der Waals surface area contributed by atoms with E-state index >= 15 is 0 Å². The molecular weight excluding hydrogens is 409 g/mol. The molecule has 0 spiro atoms. The third kappa shape index (κ3) is 6.46. The third-order valence-electron chi connectivity index (χ3n) is 4.36. The maximum Gasteiger partial charge on any atom is 0.405 e. The maximum atomic E-state index is 13.4. The highest BCUT2D eigenvalue weighted by molar-refractivity contribution is 5.95. The Bertz CT molecular complexity index is 644. The zero-order valence-corrected chi connectivity index (χ0v) is 16.2. The monoisotopic (exact) mass is 431 g/mol. The van der Waals surface area contributed by atoms with Crippen LogP contribution in [0.25, 0.3) is 0 Å². The van der Waals surface area contributed by atoms with Crippen LogP contribution in [0.5, 0.6) is 5.75 Å². The van der Waals surface area contributed by atoms with Gasteiger partial charge in [-0.15, -0.1) is 12.4 Å². The van der Waals surface area contributed by atoms with Gasteiger partial charge in [0.05, 0.1) is 0 Å². The van der Waals surface area contributed by atoms with Gasteiger partial charge in [0.25, 0.3) is 5.91 Å². The smallest absolute Gasteiger partial charge is 0.405 e. The number of ether oxygens (including phenoxy) is 1. The second-order valence-electron chi connectivity index (χ2n) is 6.37. The van der Waals surface area contributed by atoms with Crippen LogP contribution in [-0.2, 0) is 0 Å². The van der Waals surface area contributed by atoms with Crippen molar-refractivity contribution in [3.63, 3.8) is 0 Å². The van der Waals surface area contributed by atoms with Gasteiger partial charge >= 0.3 is 12.8 Å². The topological polar surface area (TPSA) is 53.6 Å². The Morgan fingerprint density at radius 3 is 2.21 bits per heavy atom. The molecule has 0 saturated carbocycles. The number of benzene rings is 1. The van der Waals surface area contributed by atoms with E-state index in [1.165, 1.54) is 30.9 Å². The van der Waals surface area contributed by atoms with Gasteiger partial charge in [-0.2, -0.15) is 22.0 Å². The Morgan fingerprint density at radius 2 is 1.75 bits per heavy atom. The average molecular weight is 432 g/mol. The van der Waals surface area contributed by atoms with Gasteiger partial charge in [0.15, 0.2) is 0 Å². The second kappa shape index (κ2) is 10.2. The molecule has 1 aromatic carbocycles. The largest absolute Gasteiger partial charge is 0.434 e. The molecule has 0 aromatic heterocycles. The number of alkyl halides is 5. The number of nitrogens with zero attached hydrogens (tertiary/aromatic N) is 1. The molecule has 5 nitrogen and oxygen atoms in total. The van der Waals surface area contributed by atoms with Gasteiger partial charge in [0, 0.05) is 38.3 Å². The quantitative estimate of drug-likeness (QED) is 0.680. The summed E-state index contributed by atoms with van der Waals surface area (Å²) in [6.07, 6.45) is -4.48. The van der Waals surface area contributed by atoms with Crippen molar-refractivity contribution in [3.05, 3.63) is 28.8 Å². The number of hydrogen-bond donors (Lipinski definition) is 2. The van der Waals surface area contributed by atoms with Gasteiger partial charge in [-0.3, -0.25) is 9.69 Å². The lowest BCUT2D eigenvalue weighted by Gasteiger charge is -2.35. The summed E-state index contributed by atoms with van der Waals surface area (Å²) in [7, 11) is 0. The molecule has 1 atom stereocenters. The number of aryl methyl sites for hydroxylation is 2. The van der Waals surface area contributed by atoms with E-state index in [0.29, 0.717) is 24.2 Å². The molecule has 28 heavy (non-hydrogen) atoms. The molecule has 1 aliphatic heterocycles. The third-order valence-corrected chi connectivity index (χ3v) is 4.36. The molecule has 1 amide bonds. The first-order chi connectivity index (χ1) is 12.6. The number of amides is 1. The second-order valence-corrected chi connectivity index (χ2v) is 6.37. The molecule has 160 valence electrons. The summed E-state index contributed by atoms with van der Waals surface area (Å²) in [5.41, 5.74) is 0.692. The highest BCUT2D eigenvalue weighted by Gasteiger charge is 2.43. The number of piperazine rings is 1. The van der Waals surface area contributed by atoms with Crippen molar-refractivity contribution in [3.8, 4) is 5.75 Å². The lowest BCUT2D eigenvalue weighted by molar-refractivity contribution is -0.183. The minimum Gasteiger partial charge on any atom is -0.434 e. The van der Waals surface area contributed by atoms with Gasteiger partial charge in [-0.25, -0.2) is 0 Å².